The predicted molar refractivity (Wildman–Crippen MR) is 72.6 cm³/mol. The van der Waals surface area contributed by atoms with E-state index < -0.39 is 17.8 Å². The predicted octanol–water partition coefficient (Wildman–Crippen LogP) is 2.92. The molecule has 0 bridgehead atoms. The lowest BCUT2D eigenvalue weighted by Gasteiger charge is -2.17. The molecule has 0 aromatic heterocycles. The van der Waals surface area contributed by atoms with Crippen LogP contribution in [-0.4, -0.2) is 35.6 Å². The molecule has 0 aliphatic carbocycles. The second-order valence-corrected chi connectivity index (χ2v) is 4.83. The third-order valence-corrected chi connectivity index (χ3v) is 3.04. The van der Waals surface area contributed by atoms with Gasteiger partial charge in [0.2, 0.25) is 0 Å². The number of carboxylic acids is 1. The topological polar surface area (TPSA) is 69.6 Å². The van der Waals surface area contributed by atoms with E-state index in [2.05, 4.69) is 21.2 Å². The summed E-state index contributed by atoms with van der Waals surface area (Å²) in [5.74, 6) is -1.37. The van der Waals surface area contributed by atoms with E-state index in [0.717, 1.165) is 0 Å². The highest BCUT2D eigenvalue weighted by Gasteiger charge is 2.10. The van der Waals surface area contributed by atoms with E-state index in [1.165, 1.54) is 17.0 Å². The van der Waals surface area contributed by atoms with Gasteiger partial charge in [0.25, 0.3) is 0 Å². The molecule has 0 saturated heterocycles. The molecule has 0 saturated carbocycles. The molecule has 0 radical (unpaired) electrons. The van der Waals surface area contributed by atoms with Crippen LogP contribution < -0.4 is 5.32 Å². The number of aliphatic carboxylic acids is 1. The third kappa shape index (κ3) is 5.25. The van der Waals surface area contributed by atoms with Gasteiger partial charge >= 0.3 is 12.0 Å². The van der Waals surface area contributed by atoms with E-state index in [0.29, 0.717) is 23.1 Å². The van der Waals surface area contributed by atoms with Crippen molar-refractivity contribution in [2.24, 2.45) is 0 Å². The Morgan fingerprint density at radius 3 is 2.74 bits per heavy atom. The van der Waals surface area contributed by atoms with Crippen LogP contribution in [0.3, 0.4) is 0 Å². The van der Waals surface area contributed by atoms with Crippen molar-refractivity contribution in [1.82, 2.24) is 4.90 Å². The molecular weight excluding hydrogens is 319 g/mol. The first-order valence-electron chi connectivity index (χ1n) is 5.59. The van der Waals surface area contributed by atoms with E-state index in [9.17, 15) is 14.0 Å². The van der Waals surface area contributed by atoms with Crippen LogP contribution in [0.25, 0.3) is 0 Å². The van der Waals surface area contributed by atoms with Crippen molar-refractivity contribution in [3.63, 3.8) is 0 Å². The zero-order chi connectivity index (χ0) is 14.4. The highest BCUT2D eigenvalue weighted by atomic mass is 79.9. The first-order valence-corrected chi connectivity index (χ1v) is 6.38. The Labute approximate surface area is 118 Å². The second-order valence-electron chi connectivity index (χ2n) is 3.98. The lowest BCUT2D eigenvalue weighted by molar-refractivity contribution is -0.137. The molecule has 1 rings (SSSR count). The number of urea groups is 1. The second kappa shape index (κ2) is 7.08. The van der Waals surface area contributed by atoms with Crippen molar-refractivity contribution in [2.75, 3.05) is 18.9 Å². The Morgan fingerprint density at radius 1 is 1.47 bits per heavy atom. The molecule has 0 atom stereocenters. The Hall–Kier alpha value is -1.63. The first kappa shape index (κ1) is 15.4. The van der Waals surface area contributed by atoms with Crippen molar-refractivity contribution in [3.05, 3.63) is 28.5 Å². The van der Waals surface area contributed by atoms with Gasteiger partial charge in [0.15, 0.2) is 0 Å². The maximum absolute atomic E-state index is 13.2. The molecule has 0 unspecified atom stereocenters. The highest BCUT2D eigenvalue weighted by Crippen LogP contribution is 2.19. The number of rotatable bonds is 5. The molecule has 0 heterocycles. The number of benzene rings is 1. The Balaban J connectivity index is 2.49. The molecule has 19 heavy (non-hydrogen) atoms. The molecule has 2 N–H and O–H groups in total. The maximum Gasteiger partial charge on any atom is 0.321 e. The number of carboxylic acid groups (broad SMARTS) is 1. The van der Waals surface area contributed by atoms with Gasteiger partial charge in [-0.3, -0.25) is 4.79 Å². The zero-order valence-electron chi connectivity index (χ0n) is 10.3. The zero-order valence-corrected chi connectivity index (χ0v) is 11.9. The lowest BCUT2D eigenvalue weighted by Crippen LogP contribution is -2.32. The van der Waals surface area contributed by atoms with Crippen molar-refractivity contribution in [2.45, 2.75) is 12.8 Å². The summed E-state index contributed by atoms with van der Waals surface area (Å²) in [6.45, 7) is 0.317. The Morgan fingerprint density at radius 2 is 2.16 bits per heavy atom. The number of carbonyl (C=O) groups is 2. The van der Waals surface area contributed by atoms with Crippen LogP contribution in [-0.2, 0) is 4.79 Å². The van der Waals surface area contributed by atoms with Gasteiger partial charge in [0.1, 0.15) is 5.82 Å². The van der Waals surface area contributed by atoms with Gasteiger partial charge in [0, 0.05) is 25.7 Å². The van der Waals surface area contributed by atoms with Crippen LogP contribution in [0.1, 0.15) is 12.8 Å². The number of nitrogens with zero attached hydrogens (tertiary/aromatic N) is 1. The van der Waals surface area contributed by atoms with Gasteiger partial charge < -0.3 is 15.3 Å². The summed E-state index contributed by atoms with van der Waals surface area (Å²) < 4.78 is 13.6. The number of nitrogens with one attached hydrogen (secondary N) is 1. The molecule has 7 heteroatoms. The van der Waals surface area contributed by atoms with Crippen molar-refractivity contribution in [3.8, 4) is 0 Å². The van der Waals surface area contributed by atoms with Crippen molar-refractivity contribution >= 4 is 33.6 Å². The van der Waals surface area contributed by atoms with Gasteiger partial charge in [-0.25, -0.2) is 9.18 Å². The SMILES string of the molecule is CN(CCCC(=O)O)C(=O)Nc1ccc(Br)c(F)c1. The Bertz CT molecular complexity index is 482. The maximum atomic E-state index is 13.2. The molecular formula is C12H14BrFN2O3. The number of anilines is 1. The average molecular weight is 333 g/mol. The third-order valence-electron chi connectivity index (χ3n) is 2.40. The van der Waals surface area contributed by atoms with Crippen molar-refractivity contribution < 1.29 is 19.1 Å². The average Bonchev–Trinajstić information content (AvgIpc) is 2.33. The van der Waals surface area contributed by atoms with Gasteiger partial charge in [0.05, 0.1) is 4.47 Å². The first-order chi connectivity index (χ1) is 8.90. The molecule has 2 amide bonds. The number of hydrogen-bond donors (Lipinski definition) is 2. The van der Waals surface area contributed by atoms with Crippen LogP contribution >= 0.6 is 15.9 Å². The Kier molecular flexibility index (Phi) is 5.75. The largest absolute Gasteiger partial charge is 0.481 e. The molecule has 1 aromatic rings. The quantitative estimate of drug-likeness (QED) is 0.870. The van der Waals surface area contributed by atoms with Gasteiger partial charge in [-0.15, -0.1) is 0 Å². The van der Waals surface area contributed by atoms with Crippen molar-refractivity contribution in [1.29, 1.82) is 0 Å². The number of amides is 2. The smallest absolute Gasteiger partial charge is 0.321 e. The van der Waals surface area contributed by atoms with Crippen LogP contribution in [0.15, 0.2) is 22.7 Å². The van der Waals surface area contributed by atoms with Crippen LogP contribution in [0.2, 0.25) is 0 Å². The summed E-state index contributed by atoms with van der Waals surface area (Å²) in [6, 6.07) is 3.85. The van der Waals surface area contributed by atoms with Crippen LogP contribution in [0, 0.1) is 5.82 Å². The summed E-state index contributed by atoms with van der Waals surface area (Å²) in [6.07, 6.45) is 0.373. The van der Waals surface area contributed by atoms with E-state index in [1.807, 2.05) is 0 Å². The minimum absolute atomic E-state index is 0.00450. The molecule has 0 spiro atoms. The summed E-state index contributed by atoms with van der Waals surface area (Å²) in [5.41, 5.74) is 0.343. The molecule has 5 nitrogen and oxygen atoms in total. The number of hydrogen-bond acceptors (Lipinski definition) is 2. The molecule has 0 aliphatic heterocycles. The monoisotopic (exact) mass is 332 g/mol. The van der Waals surface area contributed by atoms with Gasteiger partial charge in [-0.1, -0.05) is 0 Å². The molecule has 104 valence electrons. The molecule has 0 aliphatic rings. The highest BCUT2D eigenvalue weighted by molar-refractivity contribution is 9.10. The fraction of sp³-hybridized carbons (Fsp3) is 0.333. The molecule has 1 aromatic carbocycles. The summed E-state index contributed by atoms with van der Waals surface area (Å²) >= 11 is 3.02. The van der Waals surface area contributed by atoms with E-state index >= 15 is 0 Å². The summed E-state index contributed by atoms with van der Waals surface area (Å²) in [4.78, 5) is 23.4. The minimum Gasteiger partial charge on any atom is -0.481 e. The normalized spacial score (nSPS) is 10.1. The van der Waals surface area contributed by atoms with Crippen LogP contribution in [0.5, 0.6) is 0 Å². The fourth-order valence-corrected chi connectivity index (χ4v) is 1.61. The lowest BCUT2D eigenvalue weighted by atomic mass is 10.3. The number of halogens is 2. The van der Waals surface area contributed by atoms with Gasteiger partial charge in [-0.05, 0) is 40.5 Å². The van der Waals surface area contributed by atoms with E-state index in [-0.39, 0.29) is 6.42 Å². The number of carbonyl (C=O) groups excluding carboxylic acids is 1. The van der Waals surface area contributed by atoms with Crippen LogP contribution in [0.4, 0.5) is 14.9 Å². The summed E-state index contributed by atoms with van der Waals surface area (Å²) in [5, 5.41) is 11.0. The summed E-state index contributed by atoms with van der Waals surface area (Å²) in [7, 11) is 1.55. The standard InChI is InChI=1S/C12H14BrFN2O3/c1-16(6-2-3-11(17)18)12(19)15-8-4-5-9(13)10(14)7-8/h4-5,7H,2-3,6H2,1H3,(H,15,19)(H,17,18). The van der Waals surface area contributed by atoms with Gasteiger partial charge in [-0.2, -0.15) is 0 Å². The van der Waals surface area contributed by atoms with E-state index in [1.54, 1.807) is 13.1 Å². The molecule has 0 fully saturated rings. The fourth-order valence-electron chi connectivity index (χ4n) is 1.36. The van der Waals surface area contributed by atoms with E-state index in [4.69, 9.17) is 5.11 Å². The minimum atomic E-state index is -0.899.